The zero-order valence-electron chi connectivity index (χ0n) is 15.8. The van der Waals surface area contributed by atoms with Crippen LogP contribution in [-0.4, -0.2) is 40.4 Å². The number of nitrogens with zero attached hydrogens (tertiary/aromatic N) is 3. The fourth-order valence-electron chi connectivity index (χ4n) is 5.01. The summed E-state index contributed by atoms with van der Waals surface area (Å²) in [6.45, 7) is 4.75. The maximum absolute atomic E-state index is 13.0. The molecule has 5 rings (SSSR count). The number of hydrogen-bond acceptors (Lipinski definition) is 5. The fourth-order valence-corrected chi connectivity index (χ4v) is 6.12. The Morgan fingerprint density at radius 1 is 1.22 bits per heavy atom. The van der Waals surface area contributed by atoms with Gasteiger partial charge in [0.1, 0.15) is 17.0 Å². The third-order valence-electron chi connectivity index (χ3n) is 6.51. The molecule has 1 saturated carbocycles. The number of aromatic nitrogens is 2. The number of hydrogen-bond donors (Lipinski definition) is 1. The number of nitrogens with one attached hydrogen (secondary N) is 1. The molecule has 2 aromatic rings. The van der Waals surface area contributed by atoms with E-state index < -0.39 is 0 Å². The number of aryl methyl sites for hydroxylation is 1. The summed E-state index contributed by atoms with van der Waals surface area (Å²) in [4.78, 5) is 25.7. The molecule has 0 unspecified atom stereocenters. The highest BCUT2D eigenvalue weighted by molar-refractivity contribution is 7.20. The maximum atomic E-state index is 13.0. The highest BCUT2D eigenvalue weighted by Gasteiger charge is 2.35. The van der Waals surface area contributed by atoms with Crippen molar-refractivity contribution in [2.24, 2.45) is 17.8 Å². The van der Waals surface area contributed by atoms with Crippen LogP contribution < -0.4 is 5.32 Å². The Kier molecular flexibility index (Phi) is 4.38. The minimum absolute atomic E-state index is 0.166. The van der Waals surface area contributed by atoms with Gasteiger partial charge in [0.2, 0.25) is 0 Å². The molecule has 3 heterocycles. The Labute approximate surface area is 163 Å². The summed E-state index contributed by atoms with van der Waals surface area (Å²) in [5.41, 5.74) is 1.03. The van der Waals surface area contributed by atoms with Crippen molar-refractivity contribution in [3.8, 4) is 0 Å². The largest absolute Gasteiger partial charge is 0.369 e. The first-order chi connectivity index (χ1) is 13.2. The molecule has 142 valence electrons. The van der Waals surface area contributed by atoms with Crippen LogP contribution in [0.3, 0.4) is 0 Å². The van der Waals surface area contributed by atoms with Crippen LogP contribution in [-0.2, 0) is 0 Å². The summed E-state index contributed by atoms with van der Waals surface area (Å²) in [7, 11) is 0. The molecule has 1 aliphatic heterocycles. The van der Waals surface area contributed by atoms with Crippen molar-refractivity contribution in [1.82, 2.24) is 14.9 Å². The van der Waals surface area contributed by atoms with Crippen LogP contribution in [0.25, 0.3) is 10.2 Å². The van der Waals surface area contributed by atoms with Crippen LogP contribution >= 0.6 is 11.3 Å². The third-order valence-corrected chi connectivity index (χ3v) is 7.70. The number of carbonyl (C=O) groups is 1. The van der Waals surface area contributed by atoms with E-state index >= 15 is 0 Å². The molecular formula is C21H26N4OS. The number of thiophene rings is 1. The van der Waals surface area contributed by atoms with E-state index in [1.54, 1.807) is 6.33 Å². The van der Waals surface area contributed by atoms with Gasteiger partial charge in [0.05, 0.1) is 10.3 Å². The van der Waals surface area contributed by atoms with Crippen LogP contribution in [0.15, 0.2) is 18.5 Å². The van der Waals surface area contributed by atoms with Crippen LogP contribution in [0, 0.1) is 24.7 Å². The monoisotopic (exact) mass is 382 g/mol. The molecular weight excluding hydrogens is 356 g/mol. The second-order valence-corrected chi connectivity index (χ2v) is 9.23. The van der Waals surface area contributed by atoms with E-state index in [4.69, 9.17) is 0 Å². The molecule has 2 aromatic heterocycles. The van der Waals surface area contributed by atoms with E-state index in [-0.39, 0.29) is 5.91 Å². The van der Waals surface area contributed by atoms with Gasteiger partial charge >= 0.3 is 0 Å². The minimum atomic E-state index is 0.166. The smallest absolute Gasteiger partial charge is 0.264 e. The lowest BCUT2D eigenvalue weighted by Gasteiger charge is -2.26. The quantitative estimate of drug-likeness (QED) is 0.803. The van der Waals surface area contributed by atoms with Gasteiger partial charge in [-0.2, -0.15) is 0 Å². The average Bonchev–Trinajstić information content (AvgIpc) is 3.41. The Bertz CT molecular complexity index is 899. The Hall–Kier alpha value is -1.95. The van der Waals surface area contributed by atoms with Gasteiger partial charge in [0.25, 0.3) is 5.91 Å². The summed E-state index contributed by atoms with van der Waals surface area (Å²) in [6, 6.07) is 0. The second-order valence-electron chi connectivity index (χ2n) is 8.23. The zero-order valence-corrected chi connectivity index (χ0v) is 16.6. The van der Waals surface area contributed by atoms with Gasteiger partial charge in [-0.1, -0.05) is 12.2 Å². The van der Waals surface area contributed by atoms with Gasteiger partial charge in [-0.25, -0.2) is 9.97 Å². The number of amides is 1. The van der Waals surface area contributed by atoms with Crippen molar-refractivity contribution in [1.29, 1.82) is 0 Å². The summed E-state index contributed by atoms with van der Waals surface area (Å²) in [5.74, 6) is 3.25. The van der Waals surface area contributed by atoms with Crippen molar-refractivity contribution in [3.05, 3.63) is 28.9 Å². The minimum Gasteiger partial charge on any atom is -0.369 e. The lowest BCUT2D eigenvalue weighted by Crippen LogP contribution is -2.35. The number of carbonyl (C=O) groups excluding carboxylic acids is 1. The van der Waals surface area contributed by atoms with Crippen molar-refractivity contribution in [2.45, 2.75) is 39.0 Å². The molecule has 1 saturated heterocycles. The van der Waals surface area contributed by atoms with Crippen molar-refractivity contribution < 1.29 is 4.79 Å². The van der Waals surface area contributed by atoms with E-state index in [0.717, 1.165) is 70.8 Å². The molecule has 2 fully saturated rings. The van der Waals surface area contributed by atoms with Gasteiger partial charge in [-0.3, -0.25) is 4.79 Å². The van der Waals surface area contributed by atoms with E-state index in [9.17, 15) is 4.79 Å². The number of allylic oxidation sites excluding steroid dienone is 2. The molecule has 0 radical (unpaired) electrons. The van der Waals surface area contributed by atoms with E-state index in [0.29, 0.717) is 5.92 Å². The lowest BCUT2D eigenvalue weighted by molar-refractivity contribution is 0.0728. The Balaban J connectivity index is 1.39. The van der Waals surface area contributed by atoms with Crippen molar-refractivity contribution in [3.63, 3.8) is 0 Å². The highest BCUT2D eigenvalue weighted by atomic mass is 32.1. The summed E-state index contributed by atoms with van der Waals surface area (Å²) in [5, 5.41) is 4.61. The van der Waals surface area contributed by atoms with Crippen LogP contribution in [0.1, 0.15) is 47.3 Å². The van der Waals surface area contributed by atoms with Gasteiger partial charge < -0.3 is 10.2 Å². The van der Waals surface area contributed by atoms with Crippen LogP contribution in [0.5, 0.6) is 0 Å². The van der Waals surface area contributed by atoms with Gasteiger partial charge in [-0.05, 0) is 62.3 Å². The molecule has 1 amide bonds. The number of piperidine rings is 1. The van der Waals surface area contributed by atoms with Gasteiger partial charge in [0.15, 0.2) is 0 Å². The molecule has 5 nitrogen and oxygen atoms in total. The predicted molar refractivity (Wildman–Crippen MR) is 109 cm³/mol. The standard InChI is InChI=1S/C21H26N4OS/c1-13-17-19(22-11-16-10-14-5-6-15(16)9-14)23-12-24-20(17)27-18(13)21(26)25-7-3-2-4-8-25/h5-6,12,14-16H,2-4,7-11H2,1H3,(H,22,23,24)/t14-,15+,16-/m1/s1. The molecule has 2 aliphatic carbocycles. The summed E-state index contributed by atoms with van der Waals surface area (Å²) >= 11 is 1.52. The Morgan fingerprint density at radius 3 is 2.81 bits per heavy atom. The first kappa shape index (κ1) is 17.2. The van der Waals surface area contributed by atoms with Crippen LogP contribution in [0.2, 0.25) is 0 Å². The Morgan fingerprint density at radius 2 is 2.07 bits per heavy atom. The number of anilines is 1. The molecule has 27 heavy (non-hydrogen) atoms. The molecule has 3 atom stereocenters. The maximum Gasteiger partial charge on any atom is 0.264 e. The number of likely N-dealkylation sites (tertiary alicyclic amines) is 1. The van der Waals surface area contributed by atoms with Gasteiger partial charge in [0, 0.05) is 19.6 Å². The zero-order chi connectivity index (χ0) is 18.4. The summed E-state index contributed by atoms with van der Waals surface area (Å²) < 4.78 is 0. The topological polar surface area (TPSA) is 58.1 Å². The first-order valence-electron chi connectivity index (χ1n) is 10.2. The van der Waals surface area contributed by atoms with E-state index in [2.05, 4.69) is 27.4 Å². The average molecular weight is 383 g/mol. The molecule has 0 spiro atoms. The highest BCUT2D eigenvalue weighted by Crippen LogP contribution is 2.43. The third kappa shape index (κ3) is 3.04. The van der Waals surface area contributed by atoms with E-state index in [1.807, 2.05) is 11.8 Å². The van der Waals surface area contributed by atoms with E-state index in [1.165, 1.54) is 30.6 Å². The lowest BCUT2D eigenvalue weighted by atomic mass is 9.93. The number of rotatable bonds is 4. The molecule has 0 aromatic carbocycles. The SMILES string of the molecule is Cc1c(C(=O)N2CCCCC2)sc2ncnc(NC[C@H]3C[C@@H]4C=C[C@H]3C4)c12. The second kappa shape index (κ2) is 6.89. The summed E-state index contributed by atoms with van der Waals surface area (Å²) in [6.07, 6.45) is 12.4. The van der Waals surface area contributed by atoms with Crippen LogP contribution in [0.4, 0.5) is 5.82 Å². The fraction of sp³-hybridized carbons (Fsp3) is 0.571. The number of fused-ring (bicyclic) bond motifs is 3. The molecule has 3 aliphatic rings. The van der Waals surface area contributed by atoms with Gasteiger partial charge in [-0.15, -0.1) is 11.3 Å². The molecule has 2 bridgehead atoms. The van der Waals surface area contributed by atoms with Crippen molar-refractivity contribution in [2.75, 3.05) is 25.0 Å². The molecule has 1 N–H and O–H groups in total. The predicted octanol–water partition coefficient (Wildman–Crippen LogP) is 4.25. The normalized spacial score (nSPS) is 26.9. The molecule has 6 heteroatoms. The first-order valence-corrected chi connectivity index (χ1v) is 11.0. The van der Waals surface area contributed by atoms with Crippen molar-refractivity contribution >= 4 is 33.3 Å².